The Morgan fingerprint density at radius 3 is 2.44 bits per heavy atom. The maximum Gasteiger partial charge on any atom is 0.326 e. The Morgan fingerprint density at radius 1 is 1.03 bits per heavy atom. The van der Waals surface area contributed by atoms with Gasteiger partial charge in [-0.1, -0.05) is 18.2 Å². The number of rotatable bonds is 12. The molecule has 9 N–H and O–H groups in total. The van der Waals surface area contributed by atoms with Crippen molar-refractivity contribution in [2.45, 2.75) is 43.8 Å². The Balaban J connectivity index is 1.67. The molecule has 3 atom stereocenters. The Hall–Kier alpha value is -4.19. The second-order valence-electron chi connectivity index (χ2n) is 7.92. The van der Waals surface area contributed by atoms with Crippen molar-refractivity contribution >= 4 is 34.6 Å². The monoisotopic (exact) mass is 469 g/mol. The molecule has 1 aromatic carbocycles. The maximum atomic E-state index is 12.8. The summed E-state index contributed by atoms with van der Waals surface area (Å²) in [6, 6.07) is 4.10. The van der Waals surface area contributed by atoms with Crippen molar-refractivity contribution in [3.8, 4) is 0 Å². The molecule has 12 heteroatoms. The quantitative estimate of drug-likeness (QED) is 0.181. The molecular formula is C22H27N7O5. The predicted octanol–water partition coefficient (Wildman–Crippen LogP) is -0.677. The molecule has 12 nitrogen and oxygen atoms in total. The highest BCUT2D eigenvalue weighted by molar-refractivity contribution is 5.92. The number of carboxylic acids is 1. The average Bonchev–Trinajstić information content (AvgIpc) is 3.46. The van der Waals surface area contributed by atoms with Crippen LogP contribution in [0.4, 0.5) is 0 Å². The number of aromatic amines is 2. The zero-order chi connectivity index (χ0) is 24.7. The number of nitrogens with one attached hydrogen (secondary N) is 4. The van der Waals surface area contributed by atoms with E-state index in [4.69, 9.17) is 11.5 Å². The molecule has 0 saturated heterocycles. The lowest BCUT2D eigenvalue weighted by Gasteiger charge is -2.22. The van der Waals surface area contributed by atoms with E-state index in [1.807, 2.05) is 24.3 Å². The van der Waals surface area contributed by atoms with E-state index in [1.165, 1.54) is 12.5 Å². The number of amides is 3. The van der Waals surface area contributed by atoms with Crippen molar-refractivity contribution in [2.75, 3.05) is 0 Å². The van der Waals surface area contributed by atoms with E-state index in [9.17, 15) is 24.3 Å². The lowest BCUT2D eigenvalue weighted by atomic mass is 10.0. The molecule has 0 bridgehead atoms. The van der Waals surface area contributed by atoms with Crippen molar-refractivity contribution in [3.63, 3.8) is 0 Å². The molecule has 2 aromatic heterocycles. The normalized spacial score (nSPS) is 13.7. The van der Waals surface area contributed by atoms with Crippen LogP contribution in [0.2, 0.25) is 0 Å². The maximum absolute atomic E-state index is 12.8. The molecule has 3 rings (SSSR count). The first kappa shape index (κ1) is 24.5. The molecule has 0 aliphatic rings. The van der Waals surface area contributed by atoms with Gasteiger partial charge in [0.25, 0.3) is 0 Å². The van der Waals surface area contributed by atoms with Gasteiger partial charge < -0.3 is 37.2 Å². The van der Waals surface area contributed by atoms with E-state index in [0.717, 1.165) is 16.5 Å². The molecule has 0 fully saturated rings. The van der Waals surface area contributed by atoms with Crippen LogP contribution in [0.25, 0.3) is 10.9 Å². The minimum absolute atomic E-state index is 0.0440. The zero-order valence-electron chi connectivity index (χ0n) is 18.3. The van der Waals surface area contributed by atoms with E-state index in [0.29, 0.717) is 5.69 Å². The summed E-state index contributed by atoms with van der Waals surface area (Å²) in [6.45, 7) is 0. The van der Waals surface area contributed by atoms with Gasteiger partial charge in [-0.25, -0.2) is 9.78 Å². The van der Waals surface area contributed by atoms with Crippen molar-refractivity contribution < 1.29 is 24.3 Å². The summed E-state index contributed by atoms with van der Waals surface area (Å²) < 4.78 is 0. The minimum atomic E-state index is -1.28. The second-order valence-corrected chi connectivity index (χ2v) is 7.92. The summed E-state index contributed by atoms with van der Waals surface area (Å²) in [7, 11) is 0. The van der Waals surface area contributed by atoms with Crippen LogP contribution in [0.1, 0.15) is 24.1 Å². The van der Waals surface area contributed by atoms with Gasteiger partial charge in [0, 0.05) is 41.8 Å². The fraction of sp³-hybridized carbons (Fsp3) is 0.318. The van der Waals surface area contributed by atoms with Crippen LogP contribution in [-0.4, -0.2) is 61.9 Å². The number of carbonyl (C=O) groups is 4. The summed E-state index contributed by atoms with van der Waals surface area (Å²) in [4.78, 5) is 58.2. The fourth-order valence-electron chi connectivity index (χ4n) is 3.55. The standard InChI is InChI=1S/C22H27N7O5/c23-15(7-12-9-26-16-4-2-1-3-14(12)16)20(31)28-17(5-6-19(24)30)21(32)29-18(22(33)34)8-13-10-25-11-27-13/h1-4,9-11,15,17-18,26H,5-8,23H2,(H2,24,30)(H,25,27)(H,28,31)(H,29,32)(H,33,34)/t15-,17-,18-/m0/s1. The lowest BCUT2D eigenvalue weighted by molar-refractivity contribution is -0.142. The highest BCUT2D eigenvalue weighted by atomic mass is 16.4. The third kappa shape index (κ3) is 6.42. The number of aliphatic carboxylic acids is 1. The van der Waals surface area contributed by atoms with Gasteiger partial charge in [-0.15, -0.1) is 0 Å². The first-order valence-electron chi connectivity index (χ1n) is 10.6. The minimum Gasteiger partial charge on any atom is -0.480 e. The van der Waals surface area contributed by atoms with E-state index in [2.05, 4.69) is 25.6 Å². The molecule has 0 radical (unpaired) electrons. The summed E-state index contributed by atoms with van der Waals surface area (Å²) >= 11 is 0. The van der Waals surface area contributed by atoms with Gasteiger partial charge in [0.2, 0.25) is 17.7 Å². The van der Waals surface area contributed by atoms with Gasteiger partial charge in [-0.3, -0.25) is 14.4 Å². The van der Waals surface area contributed by atoms with Crippen LogP contribution >= 0.6 is 0 Å². The number of carboxylic acid groups (broad SMARTS) is 1. The number of nitrogens with zero attached hydrogens (tertiary/aromatic N) is 1. The molecule has 0 saturated carbocycles. The summed E-state index contributed by atoms with van der Waals surface area (Å²) in [6.07, 6.45) is 4.47. The molecule has 0 aliphatic heterocycles. The number of nitrogens with two attached hydrogens (primary N) is 2. The molecule has 180 valence electrons. The third-order valence-electron chi connectivity index (χ3n) is 5.36. The number of H-pyrrole nitrogens is 2. The molecule has 3 amide bonds. The van der Waals surface area contributed by atoms with Gasteiger partial charge >= 0.3 is 5.97 Å². The van der Waals surface area contributed by atoms with Crippen molar-refractivity contribution in [1.29, 1.82) is 0 Å². The topological polar surface area (TPSA) is 209 Å². The average molecular weight is 470 g/mol. The van der Waals surface area contributed by atoms with Crippen molar-refractivity contribution in [2.24, 2.45) is 11.5 Å². The Morgan fingerprint density at radius 2 is 1.76 bits per heavy atom. The summed E-state index contributed by atoms with van der Waals surface area (Å²) in [5, 5.41) is 15.3. The van der Waals surface area contributed by atoms with Crippen molar-refractivity contribution in [1.82, 2.24) is 25.6 Å². The van der Waals surface area contributed by atoms with Crippen LogP contribution in [0.3, 0.4) is 0 Å². The second kappa shape index (κ2) is 11.1. The highest BCUT2D eigenvalue weighted by Crippen LogP contribution is 2.18. The van der Waals surface area contributed by atoms with Crippen LogP contribution < -0.4 is 22.1 Å². The van der Waals surface area contributed by atoms with Gasteiger partial charge in [0.05, 0.1) is 12.4 Å². The predicted molar refractivity (Wildman–Crippen MR) is 122 cm³/mol. The molecule has 0 unspecified atom stereocenters. The number of benzene rings is 1. The van der Waals surface area contributed by atoms with E-state index >= 15 is 0 Å². The lowest BCUT2D eigenvalue weighted by Crippen LogP contribution is -2.55. The van der Waals surface area contributed by atoms with Crippen LogP contribution in [-0.2, 0) is 32.0 Å². The van der Waals surface area contributed by atoms with Gasteiger partial charge in [0.1, 0.15) is 12.1 Å². The number of para-hydroxylation sites is 1. The number of imidazole rings is 1. The Labute approximate surface area is 194 Å². The van der Waals surface area contributed by atoms with Crippen LogP contribution in [0.15, 0.2) is 43.0 Å². The number of aromatic nitrogens is 3. The van der Waals surface area contributed by atoms with Crippen LogP contribution in [0, 0.1) is 0 Å². The number of hydrogen-bond acceptors (Lipinski definition) is 6. The van der Waals surface area contributed by atoms with E-state index in [1.54, 1.807) is 6.20 Å². The fourth-order valence-corrected chi connectivity index (χ4v) is 3.55. The van der Waals surface area contributed by atoms with Gasteiger partial charge in [-0.2, -0.15) is 0 Å². The first-order valence-corrected chi connectivity index (χ1v) is 10.6. The molecule has 2 heterocycles. The molecule has 3 aromatic rings. The summed E-state index contributed by atoms with van der Waals surface area (Å²) in [5.41, 5.74) is 13.5. The Kier molecular flexibility index (Phi) is 7.98. The van der Waals surface area contributed by atoms with Gasteiger partial charge in [0.15, 0.2) is 0 Å². The highest BCUT2D eigenvalue weighted by Gasteiger charge is 2.29. The Bertz CT molecular complexity index is 1160. The molecular weight excluding hydrogens is 442 g/mol. The van der Waals surface area contributed by atoms with E-state index in [-0.39, 0.29) is 25.7 Å². The molecule has 0 spiro atoms. The molecule has 34 heavy (non-hydrogen) atoms. The SMILES string of the molecule is NC(=O)CC[C@H](NC(=O)[C@@H](N)Cc1c[nH]c2ccccc12)C(=O)N[C@@H](Cc1cnc[nH]1)C(=O)O. The van der Waals surface area contributed by atoms with Crippen molar-refractivity contribution in [3.05, 3.63) is 54.2 Å². The van der Waals surface area contributed by atoms with Crippen LogP contribution in [0.5, 0.6) is 0 Å². The first-order chi connectivity index (χ1) is 16.2. The number of carbonyl (C=O) groups excluding carboxylic acids is 3. The summed E-state index contributed by atoms with van der Waals surface area (Å²) in [5.74, 6) is -3.31. The largest absolute Gasteiger partial charge is 0.480 e. The number of fused-ring (bicyclic) bond motifs is 1. The number of primary amides is 1. The number of hydrogen-bond donors (Lipinski definition) is 7. The smallest absolute Gasteiger partial charge is 0.326 e. The van der Waals surface area contributed by atoms with E-state index < -0.39 is 41.8 Å². The zero-order valence-corrected chi connectivity index (χ0v) is 18.3. The van der Waals surface area contributed by atoms with Gasteiger partial charge in [-0.05, 0) is 24.5 Å². The third-order valence-corrected chi connectivity index (χ3v) is 5.36. The molecule has 0 aliphatic carbocycles.